The summed E-state index contributed by atoms with van der Waals surface area (Å²) in [6, 6.07) is 26.1. The first-order valence-corrected chi connectivity index (χ1v) is 15.8. The van der Waals surface area contributed by atoms with E-state index in [9.17, 15) is 22.4 Å². The fraction of sp³-hybridized carbons (Fsp3) is 0.235. The molecule has 4 aromatic carbocycles. The molecule has 4 rings (SSSR count). The van der Waals surface area contributed by atoms with Crippen molar-refractivity contribution >= 4 is 27.5 Å². The van der Waals surface area contributed by atoms with Crippen molar-refractivity contribution in [2.45, 2.75) is 30.8 Å². The maximum absolute atomic E-state index is 14.5. The Morgan fingerprint density at radius 3 is 2.09 bits per heavy atom. The summed E-state index contributed by atoms with van der Waals surface area (Å²) in [6.07, 6.45) is 0.160. The number of ether oxygens (including phenoxy) is 2. The number of rotatable bonds is 14. The number of benzene rings is 4. The smallest absolute Gasteiger partial charge is 0.264 e. The average molecular weight is 634 g/mol. The van der Waals surface area contributed by atoms with Crippen molar-refractivity contribution in [3.63, 3.8) is 0 Å². The van der Waals surface area contributed by atoms with Crippen LogP contribution in [0.15, 0.2) is 108 Å². The lowest BCUT2D eigenvalue weighted by molar-refractivity contribution is -0.140. The maximum atomic E-state index is 14.5. The topological polar surface area (TPSA) is 105 Å². The van der Waals surface area contributed by atoms with E-state index in [-0.39, 0.29) is 29.3 Å². The van der Waals surface area contributed by atoms with E-state index in [1.165, 1.54) is 61.6 Å². The van der Waals surface area contributed by atoms with Gasteiger partial charge >= 0.3 is 0 Å². The van der Waals surface area contributed by atoms with Crippen LogP contribution in [-0.4, -0.2) is 58.5 Å². The van der Waals surface area contributed by atoms with Gasteiger partial charge in [0.2, 0.25) is 11.8 Å². The van der Waals surface area contributed by atoms with Crippen molar-refractivity contribution in [1.82, 2.24) is 10.2 Å². The molecule has 1 atom stereocenters. The molecule has 236 valence electrons. The van der Waals surface area contributed by atoms with Crippen molar-refractivity contribution in [3.05, 3.63) is 120 Å². The molecule has 11 heteroatoms. The second-order valence-corrected chi connectivity index (χ2v) is 12.0. The lowest BCUT2D eigenvalue weighted by Crippen LogP contribution is -2.53. The molecule has 0 aliphatic carbocycles. The van der Waals surface area contributed by atoms with Crippen molar-refractivity contribution in [3.8, 4) is 11.5 Å². The summed E-state index contributed by atoms with van der Waals surface area (Å²) in [7, 11) is -1.50. The quantitative estimate of drug-likeness (QED) is 0.214. The minimum Gasteiger partial charge on any atom is -0.497 e. The summed E-state index contributed by atoms with van der Waals surface area (Å²) in [6.45, 7) is 1.33. The first-order chi connectivity index (χ1) is 21.7. The third-order valence-electron chi connectivity index (χ3n) is 7.15. The number of nitrogens with zero attached hydrogens (tertiary/aromatic N) is 2. The number of sulfonamides is 1. The van der Waals surface area contributed by atoms with Gasteiger partial charge in [0.1, 0.15) is 29.9 Å². The molecular weight excluding hydrogens is 597 g/mol. The number of carbonyl (C=O) groups excluding carboxylic acids is 2. The first-order valence-electron chi connectivity index (χ1n) is 14.3. The van der Waals surface area contributed by atoms with Gasteiger partial charge < -0.3 is 19.7 Å². The second-order valence-electron chi connectivity index (χ2n) is 10.1. The highest BCUT2D eigenvalue weighted by molar-refractivity contribution is 7.92. The van der Waals surface area contributed by atoms with Crippen molar-refractivity contribution < 1.29 is 31.9 Å². The molecule has 0 unspecified atom stereocenters. The van der Waals surface area contributed by atoms with Gasteiger partial charge in [-0.1, -0.05) is 60.7 Å². The van der Waals surface area contributed by atoms with Gasteiger partial charge in [0, 0.05) is 25.6 Å². The molecule has 0 aliphatic heterocycles. The van der Waals surface area contributed by atoms with Crippen LogP contribution in [0, 0.1) is 5.82 Å². The van der Waals surface area contributed by atoms with Gasteiger partial charge in [0.15, 0.2) is 0 Å². The van der Waals surface area contributed by atoms with Gasteiger partial charge in [-0.15, -0.1) is 0 Å². The predicted molar refractivity (Wildman–Crippen MR) is 170 cm³/mol. The first kappa shape index (κ1) is 33.0. The van der Waals surface area contributed by atoms with Gasteiger partial charge in [-0.3, -0.25) is 13.9 Å². The van der Waals surface area contributed by atoms with E-state index in [0.29, 0.717) is 17.9 Å². The molecule has 9 nitrogen and oxygen atoms in total. The Kier molecular flexibility index (Phi) is 11.2. The van der Waals surface area contributed by atoms with E-state index in [1.54, 1.807) is 37.3 Å². The fourth-order valence-electron chi connectivity index (χ4n) is 4.86. The number of nitrogens with one attached hydrogen (secondary N) is 1. The Labute approximate surface area is 263 Å². The zero-order valence-corrected chi connectivity index (χ0v) is 26.2. The van der Waals surface area contributed by atoms with Gasteiger partial charge in [0.05, 0.1) is 24.8 Å². The van der Waals surface area contributed by atoms with Crippen LogP contribution < -0.4 is 19.1 Å². The van der Waals surface area contributed by atoms with E-state index >= 15 is 0 Å². The van der Waals surface area contributed by atoms with E-state index in [2.05, 4.69) is 5.32 Å². The Hall–Kier alpha value is -4.90. The maximum Gasteiger partial charge on any atom is 0.264 e. The van der Waals surface area contributed by atoms with E-state index in [1.807, 2.05) is 30.3 Å². The summed E-state index contributed by atoms with van der Waals surface area (Å²) in [5, 5.41) is 2.81. The number of hydrogen-bond acceptors (Lipinski definition) is 6. The van der Waals surface area contributed by atoms with E-state index in [4.69, 9.17) is 9.47 Å². The molecule has 0 fully saturated rings. The highest BCUT2D eigenvalue weighted by Crippen LogP contribution is 2.36. The molecular formula is C34H36FN3O6S. The van der Waals surface area contributed by atoms with Gasteiger partial charge in [0.25, 0.3) is 10.0 Å². The molecule has 4 aromatic rings. The molecule has 0 radical (unpaired) electrons. The number of anilines is 1. The monoisotopic (exact) mass is 633 g/mol. The highest BCUT2D eigenvalue weighted by Gasteiger charge is 2.35. The standard InChI is InChI=1S/C34H36FN3O6S/c1-4-36-34(40)31(21-25-11-7-5-8-12-25)37(23-26-15-17-27(35)18-16-26)33(39)24-38(45(41,42)29-13-9-6-10-14-29)30-22-28(43-2)19-20-32(30)44-3/h5-20,22,31H,4,21,23-24H2,1-3H3,(H,36,40)/t31-/m0/s1. The molecule has 0 saturated carbocycles. The Balaban J connectivity index is 1.84. The largest absolute Gasteiger partial charge is 0.497 e. The van der Waals surface area contributed by atoms with Crippen LogP contribution in [0.4, 0.5) is 10.1 Å². The average Bonchev–Trinajstić information content (AvgIpc) is 3.06. The zero-order chi connectivity index (χ0) is 32.4. The van der Waals surface area contributed by atoms with Crippen LogP contribution in [0.1, 0.15) is 18.1 Å². The van der Waals surface area contributed by atoms with Crippen LogP contribution in [0.25, 0.3) is 0 Å². The third kappa shape index (κ3) is 8.18. The summed E-state index contributed by atoms with van der Waals surface area (Å²) < 4.78 is 54.0. The van der Waals surface area contributed by atoms with E-state index < -0.39 is 40.2 Å². The van der Waals surface area contributed by atoms with Crippen molar-refractivity contribution in [1.29, 1.82) is 0 Å². The molecule has 0 aromatic heterocycles. The van der Waals surface area contributed by atoms with Crippen LogP contribution in [0.5, 0.6) is 11.5 Å². The van der Waals surface area contributed by atoms with Gasteiger partial charge in [-0.05, 0) is 54.4 Å². The number of amides is 2. The number of halogens is 1. The number of hydrogen-bond donors (Lipinski definition) is 1. The van der Waals surface area contributed by atoms with Crippen molar-refractivity contribution in [2.24, 2.45) is 0 Å². The van der Waals surface area contributed by atoms with Crippen LogP contribution in [0.2, 0.25) is 0 Å². The number of carbonyl (C=O) groups is 2. The molecule has 45 heavy (non-hydrogen) atoms. The molecule has 0 spiro atoms. The van der Waals surface area contributed by atoms with E-state index in [0.717, 1.165) is 9.87 Å². The summed E-state index contributed by atoms with van der Waals surface area (Å²) >= 11 is 0. The predicted octanol–water partition coefficient (Wildman–Crippen LogP) is 4.81. The van der Waals surface area contributed by atoms with Crippen molar-refractivity contribution in [2.75, 3.05) is 31.6 Å². The van der Waals surface area contributed by atoms with Gasteiger partial charge in [-0.2, -0.15) is 0 Å². The third-order valence-corrected chi connectivity index (χ3v) is 8.93. The molecule has 0 bridgehead atoms. The fourth-order valence-corrected chi connectivity index (χ4v) is 6.29. The summed E-state index contributed by atoms with van der Waals surface area (Å²) in [5.74, 6) is -0.979. The van der Waals surface area contributed by atoms with Crippen LogP contribution in [-0.2, 0) is 32.6 Å². The lowest BCUT2D eigenvalue weighted by atomic mass is 10.0. The molecule has 2 amide bonds. The minimum absolute atomic E-state index is 0.0441. The molecule has 0 saturated heterocycles. The Morgan fingerprint density at radius 2 is 1.49 bits per heavy atom. The Bertz CT molecular complexity index is 1690. The summed E-state index contributed by atoms with van der Waals surface area (Å²) in [4.78, 5) is 29.3. The lowest BCUT2D eigenvalue weighted by Gasteiger charge is -2.34. The zero-order valence-electron chi connectivity index (χ0n) is 25.4. The van der Waals surface area contributed by atoms with Crippen LogP contribution >= 0.6 is 0 Å². The number of likely N-dealkylation sites (N-methyl/N-ethyl adjacent to an activating group) is 1. The summed E-state index contributed by atoms with van der Waals surface area (Å²) in [5.41, 5.74) is 1.44. The number of methoxy groups -OCH3 is 2. The molecule has 0 heterocycles. The molecule has 0 aliphatic rings. The second kappa shape index (κ2) is 15.2. The molecule has 1 N–H and O–H groups in total. The van der Waals surface area contributed by atoms with Gasteiger partial charge in [-0.25, -0.2) is 12.8 Å². The SMILES string of the molecule is CCNC(=O)[C@H](Cc1ccccc1)N(Cc1ccc(F)cc1)C(=O)CN(c1cc(OC)ccc1OC)S(=O)(=O)c1ccccc1. The normalized spacial score (nSPS) is 11.7. The highest BCUT2D eigenvalue weighted by atomic mass is 32.2. The minimum atomic E-state index is -4.33. The Morgan fingerprint density at radius 1 is 0.844 bits per heavy atom. The van der Waals surface area contributed by atoms with Crippen LogP contribution in [0.3, 0.4) is 0 Å².